The Labute approximate surface area is 377 Å². The molecule has 2 atom stereocenters. The summed E-state index contributed by atoms with van der Waals surface area (Å²) in [6.45, 7) is 5.30. The van der Waals surface area contributed by atoms with Crippen LogP contribution in [0.15, 0.2) is 79.1 Å². The molecule has 2 unspecified atom stereocenters. The van der Waals surface area contributed by atoms with Crippen LogP contribution in [0.2, 0.25) is 0 Å². The lowest BCUT2D eigenvalue weighted by Crippen LogP contribution is -2.31. The van der Waals surface area contributed by atoms with Gasteiger partial charge in [-0.15, -0.1) is 23.5 Å². The predicted molar refractivity (Wildman–Crippen MR) is 250 cm³/mol. The maximum atomic E-state index is 13.3. The van der Waals surface area contributed by atoms with Gasteiger partial charge in [-0.05, 0) is 80.2 Å². The Morgan fingerprint density at radius 1 is 0.689 bits per heavy atom. The molecule has 0 bridgehead atoms. The Balaban J connectivity index is 0.000000237. The summed E-state index contributed by atoms with van der Waals surface area (Å²) in [6, 6.07) is 13.4. The number of anilines is 2. The second-order valence-electron chi connectivity index (χ2n) is 15.6. The summed E-state index contributed by atoms with van der Waals surface area (Å²) in [5.74, 6) is 0.564. The fourth-order valence-corrected chi connectivity index (χ4v) is 12.1. The molecule has 0 saturated heterocycles. The van der Waals surface area contributed by atoms with Gasteiger partial charge in [0.25, 0.3) is 0 Å². The molecule has 2 heterocycles. The average molecular weight is 948 g/mol. The Hall–Kier alpha value is -3.29. The van der Waals surface area contributed by atoms with E-state index in [4.69, 9.17) is 0 Å². The quantitative estimate of drug-likeness (QED) is 0.0911. The molecule has 18 heteroatoms. The summed E-state index contributed by atoms with van der Waals surface area (Å²) in [4.78, 5) is 49.5. The minimum absolute atomic E-state index is 0.0731. The summed E-state index contributed by atoms with van der Waals surface area (Å²) >= 11 is 5.85. The number of hydrogen-bond acceptors (Lipinski definition) is 13. The molecule has 12 nitrogen and oxygen atoms in total. The van der Waals surface area contributed by atoms with Crippen molar-refractivity contribution in [1.29, 1.82) is 0 Å². The Morgan fingerprint density at radius 2 is 1.08 bits per heavy atom. The van der Waals surface area contributed by atoms with E-state index < -0.39 is 19.7 Å². The molecule has 2 saturated carbocycles. The molecule has 0 radical (unpaired) electrons. The van der Waals surface area contributed by atoms with E-state index in [0.717, 1.165) is 58.1 Å². The van der Waals surface area contributed by atoms with Crippen LogP contribution in [0.1, 0.15) is 101 Å². The van der Waals surface area contributed by atoms with Gasteiger partial charge < -0.3 is 15.5 Å². The number of nitrogens with one attached hydrogen (secondary N) is 2. The van der Waals surface area contributed by atoms with Gasteiger partial charge in [0.15, 0.2) is 29.9 Å². The van der Waals surface area contributed by atoms with Gasteiger partial charge in [-0.25, -0.2) is 26.8 Å². The molecule has 3 amide bonds. The standard InChI is InChI=1S/C24H33N3O4S3.C19H24N2O3S3/c1-4-27(5-2)21(28)16-32-22-15-25-24(33-22)26-23(29)20(14-17-8-6-7-9-17)18-10-12-19(13-11-18)34(3,30)31;1-25-17-12-20-19(26-17)21-18(22)16(11-13-5-3-4-6-13)14-7-9-15(10-8-14)27(2,23)24/h10-13,15,17,20H,4-9,14,16H2,1-3H3,(H,25,26,29);7-10,12-13,16H,3-6,11H2,1-2H3,(H,20,21,22). The topological polar surface area (TPSA) is 173 Å². The Morgan fingerprint density at radius 3 is 1.44 bits per heavy atom. The normalized spacial score (nSPS) is 15.8. The van der Waals surface area contributed by atoms with E-state index in [1.54, 1.807) is 77.6 Å². The van der Waals surface area contributed by atoms with Crippen molar-refractivity contribution >= 4 is 93.9 Å². The molecular formula is C43H57N5O7S6. The largest absolute Gasteiger partial charge is 0.343 e. The highest BCUT2D eigenvalue weighted by atomic mass is 32.2. The van der Waals surface area contributed by atoms with Gasteiger partial charge in [0.2, 0.25) is 17.7 Å². The molecule has 0 aliphatic heterocycles. The third kappa shape index (κ3) is 14.6. The van der Waals surface area contributed by atoms with Crippen molar-refractivity contribution in [1.82, 2.24) is 14.9 Å². The molecule has 6 rings (SSSR count). The predicted octanol–water partition coefficient (Wildman–Crippen LogP) is 9.38. The molecule has 2 aromatic carbocycles. The van der Waals surface area contributed by atoms with Gasteiger partial charge in [0, 0.05) is 25.6 Å². The van der Waals surface area contributed by atoms with Gasteiger partial charge in [-0.1, -0.05) is 98.3 Å². The summed E-state index contributed by atoms with van der Waals surface area (Å²) in [5, 5.41) is 7.02. The van der Waals surface area contributed by atoms with Gasteiger partial charge in [-0.3, -0.25) is 14.4 Å². The molecule has 2 aromatic heterocycles. The molecule has 332 valence electrons. The van der Waals surface area contributed by atoms with Crippen LogP contribution in [0.5, 0.6) is 0 Å². The number of rotatable bonds is 18. The molecule has 61 heavy (non-hydrogen) atoms. The number of carbonyl (C=O) groups excluding carboxylic acids is 3. The van der Waals surface area contributed by atoms with Crippen LogP contribution < -0.4 is 10.6 Å². The monoisotopic (exact) mass is 947 g/mol. The van der Waals surface area contributed by atoms with E-state index in [-0.39, 0.29) is 39.3 Å². The van der Waals surface area contributed by atoms with Crippen LogP contribution in [-0.4, -0.2) is 87.0 Å². The zero-order valence-electron chi connectivity index (χ0n) is 35.4. The van der Waals surface area contributed by atoms with Crippen LogP contribution in [0.4, 0.5) is 10.3 Å². The number of hydrogen-bond donors (Lipinski definition) is 2. The van der Waals surface area contributed by atoms with Crippen molar-refractivity contribution in [2.75, 3.05) is 48.2 Å². The highest BCUT2D eigenvalue weighted by Crippen LogP contribution is 2.38. The highest BCUT2D eigenvalue weighted by Gasteiger charge is 2.29. The van der Waals surface area contributed by atoms with Crippen molar-refractivity contribution in [3.63, 3.8) is 0 Å². The van der Waals surface area contributed by atoms with Crippen LogP contribution in [0, 0.1) is 11.8 Å². The fourth-order valence-electron chi connectivity index (χ4n) is 7.82. The number of benzene rings is 2. The van der Waals surface area contributed by atoms with E-state index in [1.165, 1.54) is 72.6 Å². The van der Waals surface area contributed by atoms with Crippen molar-refractivity contribution in [3.8, 4) is 0 Å². The van der Waals surface area contributed by atoms with Gasteiger partial charge in [-0.2, -0.15) is 0 Å². The Bertz CT molecular complexity index is 2280. The van der Waals surface area contributed by atoms with Crippen LogP contribution in [0.3, 0.4) is 0 Å². The zero-order chi connectivity index (χ0) is 44.2. The van der Waals surface area contributed by atoms with Crippen LogP contribution in [0.25, 0.3) is 0 Å². The second-order valence-corrected chi connectivity index (χ2v) is 24.0. The maximum absolute atomic E-state index is 13.3. The number of sulfone groups is 2. The maximum Gasteiger partial charge on any atom is 0.233 e. The first-order valence-electron chi connectivity index (χ1n) is 20.7. The third-order valence-corrected chi connectivity index (χ3v) is 17.5. The summed E-state index contributed by atoms with van der Waals surface area (Å²) in [7, 11) is -6.54. The first-order valence-corrected chi connectivity index (χ1v) is 28.3. The number of carbonyl (C=O) groups is 3. The van der Waals surface area contributed by atoms with E-state index in [0.29, 0.717) is 40.9 Å². The number of aromatic nitrogens is 2. The van der Waals surface area contributed by atoms with Crippen molar-refractivity contribution in [3.05, 3.63) is 72.1 Å². The Kier molecular flexibility index (Phi) is 18.3. The minimum Gasteiger partial charge on any atom is -0.343 e. The van der Waals surface area contributed by atoms with Crippen molar-refractivity contribution in [2.24, 2.45) is 11.8 Å². The molecule has 2 aliphatic carbocycles. The molecule has 0 spiro atoms. The van der Waals surface area contributed by atoms with Gasteiger partial charge >= 0.3 is 0 Å². The first-order chi connectivity index (χ1) is 29.1. The zero-order valence-corrected chi connectivity index (χ0v) is 40.3. The SMILES string of the molecule is CCN(CC)C(=O)CSc1cnc(NC(=O)C(CC2CCCC2)c2ccc(S(C)(=O)=O)cc2)s1.CSc1cnc(NC(=O)C(CC2CCCC2)c2ccc(S(C)(=O)=O)cc2)s1. The van der Waals surface area contributed by atoms with Crippen LogP contribution in [-0.2, 0) is 34.1 Å². The van der Waals surface area contributed by atoms with Gasteiger partial charge in [0.05, 0.1) is 48.2 Å². The number of nitrogens with zero attached hydrogens (tertiary/aromatic N) is 3. The lowest BCUT2D eigenvalue weighted by atomic mass is 9.87. The molecule has 2 fully saturated rings. The lowest BCUT2D eigenvalue weighted by Gasteiger charge is -2.20. The minimum atomic E-state index is -3.29. The van der Waals surface area contributed by atoms with Crippen molar-refractivity contribution < 1.29 is 31.2 Å². The summed E-state index contributed by atoms with van der Waals surface area (Å²) < 4.78 is 49.0. The summed E-state index contributed by atoms with van der Waals surface area (Å²) in [6.07, 6.45) is 18.7. The smallest absolute Gasteiger partial charge is 0.233 e. The lowest BCUT2D eigenvalue weighted by molar-refractivity contribution is -0.128. The van der Waals surface area contributed by atoms with Crippen LogP contribution >= 0.6 is 46.2 Å². The second kappa shape index (κ2) is 22.9. The van der Waals surface area contributed by atoms with Crippen molar-refractivity contribution in [2.45, 2.75) is 108 Å². The molecular weight excluding hydrogens is 891 g/mol. The third-order valence-electron chi connectivity index (χ3n) is 11.2. The highest BCUT2D eigenvalue weighted by molar-refractivity contribution is 8.01. The number of thioether (sulfide) groups is 2. The fraction of sp³-hybridized carbons (Fsp3) is 0.512. The van der Waals surface area contributed by atoms with E-state index in [9.17, 15) is 31.2 Å². The van der Waals surface area contributed by atoms with E-state index in [2.05, 4.69) is 20.6 Å². The first kappa shape index (κ1) is 48.7. The summed E-state index contributed by atoms with van der Waals surface area (Å²) in [5.41, 5.74) is 1.67. The van der Waals surface area contributed by atoms with E-state index in [1.807, 2.05) is 20.1 Å². The molecule has 4 aromatic rings. The number of thiazole rings is 2. The molecule has 2 N–H and O–H groups in total. The van der Waals surface area contributed by atoms with E-state index >= 15 is 0 Å². The van der Waals surface area contributed by atoms with Gasteiger partial charge in [0.1, 0.15) is 0 Å². The molecule has 2 aliphatic rings. The number of amides is 3. The average Bonchev–Trinajstić information content (AvgIpc) is 4.08.